The maximum absolute atomic E-state index is 12.0. The minimum absolute atomic E-state index is 0.0265. The van der Waals surface area contributed by atoms with Crippen LogP contribution in [0, 0.1) is 0 Å². The molecule has 0 saturated carbocycles. The summed E-state index contributed by atoms with van der Waals surface area (Å²) in [5.41, 5.74) is 3.49. The molecule has 0 aromatic heterocycles. The number of ether oxygens (including phenoxy) is 1. The van der Waals surface area contributed by atoms with Gasteiger partial charge < -0.3 is 14.7 Å². The van der Waals surface area contributed by atoms with Crippen LogP contribution in [-0.4, -0.2) is 48.2 Å². The Morgan fingerprint density at radius 1 is 1.19 bits per heavy atom. The first-order chi connectivity index (χ1) is 15.5. The molecule has 1 heterocycles. The predicted molar refractivity (Wildman–Crippen MR) is 137 cm³/mol. The molecule has 3 unspecified atom stereocenters. The molecule has 1 N–H and O–H groups in total. The zero-order valence-corrected chi connectivity index (χ0v) is 20.8. The van der Waals surface area contributed by atoms with Gasteiger partial charge >= 0.3 is 0 Å². The van der Waals surface area contributed by atoms with E-state index in [1.165, 1.54) is 10.5 Å². The fourth-order valence-corrected chi connectivity index (χ4v) is 5.71. The Bertz CT molecular complexity index is 866. The molecule has 0 aliphatic carbocycles. The summed E-state index contributed by atoms with van der Waals surface area (Å²) in [6, 6.07) is 16.9. The van der Waals surface area contributed by atoms with Crippen molar-refractivity contribution in [1.29, 1.82) is 0 Å². The normalized spacial score (nSPS) is 18.1. The van der Waals surface area contributed by atoms with Gasteiger partial charge in [-0.3, -0.25) is 4.90 Å². The number of benzene rings is 2. The zero-order chi connectivity index (χ0) is 23.1. The molecular formula is C27H38N2O2S. The second-order valence-electron chi connectivity index (χ2n) is 8.50. The monoisotopic (exact) mass is 454 g/mol. The van der Waals surface area contributed by atoms with Gasteiger partial charge in [0.25, 0.3) is 0 Å². The van der Waals surface area contributed by atoms with Crippen molar-refractivity contribution in [3.63, 3.8) is 0 Å². The van der Waals surface area contributed by atoms with Crippen LogP contribution >= 0.6 is 11.8 Å². The SMILES string of the molecule is C=C(C)CCC(C(O)N1c2ccccc2SCCC1c1ccc(OC)cc1)N(CC)CC. The molecule has 3 rings (SSSR count). The van der Waals surface area contributed by atoms with Gasteiger partial charge in [0.2, 0.25) is 0 Å². The molecule has 0 amide bonds. The zero-order valence-electron chi connectivity index (χ0n) is 20.0. The van der Waals surface area contributed by atoms with Crippen molar-refractivity contribution in [3.05, 3.63) is 66.2 Å². The highest BCUT2D eigenvalue weighted by atomic mass is 32.2. The highest BCUT2D eigenvalue weighted by Gasteiger charge is 2.36. The van der Waals surface area contributed by atoms with Crippen molar-refractivity contribution in [2.24, 2.45) is 0 Å². The van der Waals surface area contributed by atoms with E-state index in [0.717, 1.165) is 55.1 Å². The number of rotatable bonds is 10. The first-order valence-corrected chi connectivity index (χ1v) is 12.7. The number of methoxy groups -OCH3 is 1. The number of fused-ring (bicyclic) bond motifs is 1. The second-order valence-corrected chi connectivity index (χ2v) is 9.64. The van der Waals surface area contributed by atoms with E-state index in [1.807, 2.05) is 23.9 Å². The average molecular weight is 455 g/mol. The first kappa shape index (κ1) is 24.7. The van der Waals surface area contributed by atoms with Crippen LogP contribution in [0.15, 0.2) is 65.6 Å². The first-order valence-electron chi connectivity index (χ1n) is 11.7. The van der Waals surface area contributed by atoms with E-state index in [1.54, 1.807) is 7.11 Å². The number of likely N-dealkylation sites (N-methyl/N-ethyl adjacent to an activating group) is 1. The summed E-state index contributed by atoms with van der Waals surface area (Å²) in [6.45, 7) is 12.4. The predicted octanol–water partition coefficient (Wildman–Crippen LogP) is 6.12. The van der Waals surface area contributed by atoms with Crippen molar-refractivity contribution >= 4 is 17.4 Å². The lowest BCUT2D eigenvalue weighted by Crippen LogP contribution is -2.53. The van der Waals surface area contributed by atoms with Crippen molar-refractivity contribution in [3.8, 4) is 5.75 Å². The lowest BCUT2D eigenvalue weighted by molar-refractivity contribution is 0.0407. The average Bonchev–Trinajstić information content (AvgIpc) is 3.01. The van der Waals surface area contributed by atoms with Crippen molar-refractivity contribution < 1.29 is 9.84 Å². The number of aliphatic hydroxyl groups is 1. The van der Waals surface area contributed by atoms with E-state index in [2.05, 4.69) is 73.5 Å². The lowest BCUT2D eigenvalue weighted by Gasteiger charge is -2.44. The molecule has 3 atom stereocenters. The molecule has 0 saturated heterocycles. The molecule has 0 spiro atoms. The summed E-state index contributed by atoms with van der Waals surface area (Å²) in [6.07, 6.45) is 2.14. The summed E-state index contributed by atoms with van der Waals surface area (Å²) in [7, 11) is 1.69. The molecule has 2 aromatic carbocycles. The number of anilines is 1. The summed E-state index contributed by atoms with van der Waals surface area (Å²) in [5, 5.41) is 12.0. The molecule has 0 bridgehead atoms. The summed E-state index contributed by atoms with van der Waals surface area (Å²) < 4.78 is 5.38. The largest absolute Gasteiger partial charge is 0.497 e. The molecule has 1 aliphatic rings. The third-order valence-electron chi connectivity index (χ3n) is 6.41. The molecule has 2 aromatic rings. The van der Waals surface area contributed by atoms with E-state index in [0.29, 0.717) is 0 Å². The number of thioether (sulfide) groups is 1. The maximum atomic E-state index is 12.0. The molecule has 174 valence electrons. The Hall–Kier alpha value is -1.95. The molecule has 0 radical (unpaired) electrons. The van der Waals surface area contributed by atoms with Crippen molar-refractivity contribution in [2.45, 2.75) is 63.2 Å². The van der Waals surface area contributed by atoms with Crippen LogP contribution in [-0.2, 0) is 0 Å². The summed E-state index contributed by atoms with van der Waals surface area (Å²) in [5.74, 6) is 1.87. The van der Waals surface area contributed by atoms with Gasteiger partial charge in [-0.1, -0.05) is 43.7 Å². The van der Waals surface area contributed by atoms with Gasteiger partial charge in [0, 0.05) is 10.6 Å². The topological polar surface area (TPSA) is 35.9 Å². The highest BCUT2D eigenvalue weighted by molar-refractivity contribution is 7.99. The number of allylic oxidation sites excluding steroid dienone is 1. The quantitative estimate of drug-likeness (QED) is 0.437. The van der Waals surface area contributed by atoms with Gasteiger partial charge in [-0.25, -0.2) is 0 Å². The van der Waals surface area contributed by atoms with E-state index in [9.17, 15) is 5.11 Å². The number of hydrogen-bond donors (Lipinski definition) is 1. The van der Waals surface area contributed by atoms with Gasteiger partial charge in [-0.2, -0.15) is 0 Å². The van der Waals surface area contributed by atoms with Crippen LogP contribution in [0.25, 0.3) is 0 Å². The van der Waals surface area contributed by atoms with Crippen LogP contribution in [0.1, 0.15) is 51.6 Å². The molecule has 0 fully saturated rings. The smallest absolute Gasteiger partial charge is 0.143 e. The summed E-state index contributed by atoms with van der Waals surface area (Å²) >= 11 is 1.88. The second kappa shape index (κ2) is 11.8. The molecule has 1 aliphatic heterocycles. The Kier molecular flexibility index (Phi) is 9.09. The van der Waals surface area contributed by atoms with E-state index in [4.69, 9.17) is 4.74 Å². The van der Waals surface area contributed by atoms with Gasteiger partial charge in [0.1, 0.15) is 12.0 Å². The Labute approximate surface area is 198 Å². The number of nitrogens with zero attached hydrogens (tertiary/aromatic N) is 2. The fraction of sp³-hybridized carbons (Fsp3) is 0.481. The maximum Gasteiger partial charge on any atom is 0.143 e. The van der Waals surface area contributed by atoms with Crippen LogP contribution < -0.4 is 9.64 Å². The standard InChI is InChI=1S/C27H38N2O2S/c1-6-28(7-2)25(17-12-20(3)4)27(30)29-23(21-13-15-22(31-5)16-14-21)18-19-32-26-11-9-8-10-24(26)29/h8-11,13-16,23,25,27,30H,3,6-7,12,17-19H2,1-2,4-5H3. The third kappa shape index (κ3) is 5.69. The number of para-hydroxylation sites is 1. The van der Waals surface area contributed by atoms with Crippen molar-refractivity contribution in [1.82, 2.24) is 4.90 Å². The number of aliphatic hydroxyl groups excluding tert-OH is 1. The fourth-order valence-electron chi connectivity index (χ4n) is 4.65. The van der Waals surface area contributed by atoms with Gasteiger partial charge in [-0.15, -0.1) is 18.3 Å². The van der Waals surface area contributed by atoms with Gasteiger partial charge in [0.15, 0.2) is 0 Å². The van der Waals surface area contributed by atoms with E-state index < -0.39 is 6.23 Å². The van der Waals surface area contributed by atoms with Crippen LogP contribution in [0.2, 0.25) is 0 Å². The Morgan fingerprint density at radius 2 is 1.88 bits per heavy atom. The van der Waals surface area contributed by atoms with Crippen LogP contribution in [0.3, 0.4) is 0 Å². The van der Waals surface area contributed by atoms with Crippen LogP contribution in [0.5, 0.6) is 5.75 Å². The van der Waals surface area contributed by atoms with E-state index in [-0.39, 0.29) is 12.1 Å². The van der Waals surface area contributed by atoms with E-state index >= 15 is 0 Å². The van der Waals surface area contributed by atoms with Gasteiger partial charge in [-0.05, 0) is 69.1 Å². The molecule has 5 heteroatoms. The van der Waals surface area contributed by atoms with Crippen molar-refractivity contribution in [2.75, 3.05) is 30.9 Å². The molecular weight excluding hydrogens is 416 g/mol. The Morgan fingerprint density at radius 3 is 2.50 bits per heavy atom. The summed E-state index contributed by atoms with van der Waals surface area (Å²) in [4.78, 5) is 5.90. The Balaban J connectivity index is 2.06. The minimum Gasteiger partial charge on any atom is -0.497 e. The van der Waals surface area contributed by atoms with Gasteiger partial charge in [0.05, 0.1) is 24.9 Å². The number of hydrogen-bond acceptors (Lipinski definition) is 5. The molecule has 4 nitrogen and oxygen atoms in total. The molecule has 32 heavy (non-hydrogen) atoms. The lowest BCUT2D eigenvalue weighted by atomic mass is 9.97. The third-order valence-corrected chi connectivity index (χ3v) is 7.50. The highest BCUT2D eigenvalue weighted by Crippen LogP contribution is 2.43. The minimum atomic E-state index is -0.624. The van der Waals surface area contributed by atoms with Crippen LogP contribution in [0.4, 0.5) is 5.69 Å².